The number of amides is 2. The normalized spacial score (nSPS) is 16.8. The van der Waals surface area contributed by atoms with E-state index in [1.165, 1.54) is 0 Å². The number of rotatable bonds is 3. The third-order valence-corrected chi connectivity index (χ3v) is 4.11. The Morgan fingerprint density at radius 3 is 3.12 bits per heavy atom. The van der Waals surface area contributed by atoms with E-state index >= 15 is 0 Å². The number of aryl methyl sites for hydroxylation is 2. The molecule has 3 heterocycles. The molecule has 1 aromatic carbocycles. The second kappa shape index (κ2) is 5.91. The smallest absolute Gasteiger partial charge is 0.319 e. The van der Waals surface area contributed by atoms with Crippen molar-refractivity contribution in [3.8, 4) is 0 Å². The van der Waals surface area contributed by atoms with E-state index in [2.05, 4.69) is 36.1 Å². The van der Waals surface area contributed by atoms with Gasteiger partial charge in [-0.1, -0.05) is 6.92 Å². The number of hydrogen-bond acceptors (Lipinski definition) is 5. The van der Waals surface area contributed by atoms with Crippen LogP contribution >= 0.6 is 0 Å². The van der Waals surface area contributed by atoms with Crippen LogP contribution in [0.5, 0.6) is 0 Å². The van der Waals surface area contributed by atoms with Crippen LogP contribution in [0.25, 0.3) is 11.0 Å². The van der Waals surface area contributed by atoms with Gasteiger partial charge in [0.05, 0.1) is 6.04 Å². The summed E-state index contributed by atoms with van der Waals surface area (Å²) in [7, 11) is 0. The second-order valence-electron chi connectivity index (χ2n) is 5.78. The van der Waals surface area contributed by atoms with Gasteiger partial charge in [0.15, 0.2) is 5.82 Å². The number of carbonyl (C=O) groups is 1. The van der Waals surface area contributed by atoms with Crippen LogP contribution in [-0.4, -0.2) is 36.2 Å². The maximum Gasteiger partial charge on any atom is 0.319 e. The van der Waals surface area contributed by atoms with Crippen LogP contribution in [0.1, 0.15) is 37.5 Å². The number of aromatic nitrogens is 6. The van der Waals surface area contributed by atoms with Gasteiger partial charge in [-0.15, -0.1) is 0 Å². The summed E-state index contributed by atoms with van der Waals surface area (Å²) in [6.07, 6.45) is 2.61. The molecule has 0 aliphatic carbocycles. The Kier molecular flexibility index (Phi) is 3.60. The van der Waals surface area contributed by atoms with E-state index in [0.717, 1.165) is 43.0 Å². The van der Waals surface area contributed by atoms with Gasteiger partial charge in [0.1, 0.15) is 16.9 Å². The standard InChI is InChI=1S/C15H18N8O/c1-2-13-18-14-11(4-3-7-23(14)21-13)17-15(24)16-9-5-6-10-12(8-9)20-22-19-10/h5-6,8,11H,2-4,7H2,1H3,(H2,16,17,24)(H,19,20,22). The number of carbonyl (C=O) groups excluding carboxylic acids is 1. The van der Waals surface area contributed by atoms with Crippen LogP contribution in [0.3, 0.4) is 0 Å². The third-order valence-electron chi connectivity index (χ3n) is 4.11. The fourth-order valence-corrected chi connectivity index (χ4v) is 2.93. The molecule has 0 spiro atoms. The van der Waals surface area contributed by atoms with Gasteiger partial charge < -0.3 is 10.6 Å². The average Bonchev–Trinajstić information content (AvgIpc) is 3.20. The van der Waals surface area contributed by atoms with Crippen molar-refractivity contribution < 1.29 is 4.79 Å². The second-order valence-corrected chi connectivity index (χ2v) is 5.78. The maximum absolute atomic E-state index is 12.3. The molecule has 9 heteroatoms. The Hall–Kier alpha value is -2.97. The molecule has 24 heavy (non-hydrogen) atoms. The first-order chi connectivity index (χ1) is 11.7. The highest BCUT2D eigenvalue weighted by molar-refractivity contribution is 5.91. The molecule has 1 aliphatic heterocycles. The van der Waals surface area contributed by atoms with Crippen LogP contribution < -0.4 is 10.6 Å². The summed E-state index contributed by atoms with van der Waals surface area (Å²) in [5.41, 5.74) is 2.13. The molecule has 0 saturated heterocycles. The number of fused-ring (bicyclic) bond motifs is 2. The van der Waals surface area contributed by atoms with E-state index in [4.69, 9.17) is 0 Å². The van der Waals surface area contributed by atoms with E-state index in [9.17, 15) is 4.79 Å². The molecule has 3 aromatic rings. The fourth-order valence-electron chi connectivity index (χ4n) is 2.93. The first kappa shape index (κ1) is 14.6. The number of aromatic amines is 1. The van der Waals surface area contributed by atoms with Gasteiger partial charge in [-0.05, 0) is 31.0 Å². The highest BCUT2D eigenvalue weighted by Crippen LogP contribution is 2.23. The topological polar surface area (TPSA) is 113 Å². The number of anilines is 1. The minimum absolute atomic E-state index is 0.123. The molecule has 1 aliphatic rings. The van der Waals surface area contributed by atoms with Gasteiger partial charge in [0.25, 0.3) is 0 Å². The van der Waals surface area contributed by atoms with E-state index in [-0.39, 0.29) is 12.1 Å². The van der Waals surface area contributed by atoms with E-state index in [1.807, 2.05) is 11.6 Å². The van der Waals surface area contributed by atoms with Crippen LogP contribution in [-0.2, 0) is 13.0 Å². The van der Waals surface area contributed by atoms with Crippen LogP contribution in [0.15, 0.2) is 18.2 Å². The minimum Gasteiger partial charge on any atom is -0.328 e. The molecule has 2 aromatic heterocycles. The number of nitrogens with one attached hydrogen (secondary N) is 3. The summed E-state index contributed by atoms with van der Waals surface area (Å²) >= 11 is 0. The van der Waals surface area contributed by atoms with E-state index < -0.39 is 0 Å². The van der Waals surface area contributed by atoms with Crippen LogP contribution in [0.4, 0.5) is 10.5 Å². The van der Waals surface area contributed by atoms with Crippen molar-refractivity contribution in [3.63, 3.8) is 0 Å². The van der Waals surface area contributed by atoms with Gasteiger partial charge in [-0.3, -0.25) is 0 Å². The van der Waals surface area contributed by atoms with Crippen molar-refractivity contribution >= 4 is 22.8 Å². The summed E-state index contributed by atoms with van der Waals surface area (Å²) in [4.78, 5) is 16.8. The third kappa shape index (κ3) is 2.68. The van der Waals surface area contributed by atoms with Crippen LogP contribution in [0.2, 0.25) is 0 Å². The van der Waals surface area contributed by atoms with Crippen molar-refractivity contribution in [1.82, 2.24) is 35.5 Å². The largest absolute Gasteiger partial charge is 0.328 e. The van der Waals surface area contributed by atoms with Crippen molar-refractivity contribution in [3.05, 3.63) is 29.8 Å². The molecule has 0 radical (unpaired) electrons. The molecule has 3 N–H and O–H groups in total. The lowest BCUT2D eigenvalue weighted by atomic mass is 10.1. The molecule has 124 valence electrons. The first-order valence-corrected chi connectivity index (χ1v) is 8.04. The van der Waals surface area contributed by atoms with Gasteiger partial charge in [0.2, 0.25) is 0 Å². The number of H-pyrrole nitrogens is 1. The lowest BCUT2D eigenvalue weighted by Gasteiger charge is -2.23. The van der Waals surface area contributed by atoms with Crippen molar-refractivity contribution in [2.75, 3.05) is 5.32 Å². The zero-order chi connectivity index (χ0) is 16.5. The van der Waals surface area contributed by atoms with Crippen LogP contribution in [0, 0.1) is 0 Å². The summed E-state index contributed by atoms with van der Waals surface area (Å²) in [5, 5.41) is 20.8. The number of benzene rings is 1. The van der Waals surface area contributed by atoms with Gasteiger partial charge in [-0.25, -0.2) is 14.5 Å². The van der Waals surface area contributed by atoms with Gasteiger partial charge >= 0.3 is 6.03 Å². The molecule has 9 nitrogen and oxygen atoms in total. The molecule has 0 bridgehead atoms. The summed E-state index contributed by atoms with van der Waals surface area (Å²) < 4.78 is 1.90. The Morgan fingerprint density at radius 1 is 1.38 bits per heavy atom. The van der Waals surface area contributed by atoms with Gasteiger partial charge in [-0.2, -0.15) is 20.5 Å². The van der Waals surface area contributed by atoms with Crippen molar-refractivity contribution in [2.45, 2.75) is 38.8 Å². The molecule has 0 fully saturated rings. The number of hydrogen-bond donors (Lipinski definition) is 3. The predicted molar refractivity (Wildman–Crippen MR) is 87.4 cm³/mol. The number of urea groups is 1. The number of nitrogens with zero attached hydrogens (tertiary/aromatic N) is 5. The summed E-state index contributed by atoms with van der Waals surface area (Å²) in [6.45, 7) is 2.88. The summed E-state index contributed by atoms with van der Waals surface area (Å²) in [6, 6.07) is 4.98. The molecule has 0 saturated carbocycles. The predicted octanol–water partition coefficient (Wildman–Crippen LogP) is 1.77. The van der Waals surface area contributed by atoms with E-state index in [1.54, 1.807) is 18.2 Å². The lowest BCUT2D eigenvalue weighted by Crippen LogP contribution is -2.36. The molecular formula is C15H18N8O. The maximum atomic E-state index is 12.3. The Labute approximate surface area is 137 Å². The monoisotopic (exact) mass is 326 g/mol. The highest BCUT2D eigenvalue weighted by atomic mass is 16.2. The highest BCUT2D eigenvalue weighted by Gasteiger charge is 2.25. The molecule has 4 rings (SSSR count). The zero-order valence-electron chi connectivity index (χ0n) is 13.3. The SMILES string of the molecule is CCc1nc2n(n1)CCCC2NC(=O)Nc1ccc2n[nH]nc2c1. The first-order valence-electron chi connectivity index (χ1n) is 8.04. The molecular weight excluding hydrogens is 308 g/mol. The van der Waals surface area contributed by atoms with E-state index in [0.29, 0.717) is 11.2 Å². The minimum atomic E-state index is -0.266. The molecule has 1 atom stereocenters. The Morgan fingerprint density at radius 2 is 2.25 bits per heavy atom. The zero-order valence-corrected chi connectivity index (χ0v) is 13.3. The molecule has 2 amide bonds. The lowest BCUT2D eigenvalue weighted by molar-refractivity contribution is 0.244. The summed E-state index contributed by atoms with van der Waals surface area (Å²) in [5.74, 6) is 1.65. The molecule has 1 unspecified atom stereocenters. The Balaban J connectivity index is 1.47. The average molecular weight is 326 g/mol. The van der Waals surface area contributed by atoms with Gasteiger partial charge in [0, 0.05) is 18.7 Å². The Bertz CT molecular complexity index is 883. The fraction of sp³-hybridized carbons (Fsp3) is 0.400. The van der Waals surface area contributed by atoms with Crippen molar-refractivity contribution in [1.29, 1.82) is 0 Å². The van der Waals surface area contributed by atoms with Crippen molar-refractivity contribution in [2.24, 2.45) is 0 Å². The quantitative estimate of drug-likeness (QED) is 0.679.